The van der Waals surface area contributed by atoms with Crippen molar-refractivity contribution in [3.05, 3.63) is 58.3 Å². The molecule has 0 saturated heterocycles. The molecule has 0 saturated carbocycles. The van der Waals surface area contributed by atoms with Crippen LogP contribution in [0, 0.1) is 13.8 Å². The number of fused-ring (bicyclic) bond motifs is 3. The molecule has 2 N–H and O–H groups in total. The molecule has 4 heteroatoms. The summed E-state index contributed by atoms with van der Waals surface area (Å²) in [5.41, 5.74) is 7.75. The summed E-state index contributed by atoms with van der Waals surface area (Å²) in [6.45, 7) is 5.31. The molecule has 0 amide bonds. The first-order valence-electron chi connectivity index (χ1n) is 8.69. The van der Waals surface area contributed by atoms with E-state index in [-0.39, 0.29) is 6.04 Å². The molecule has 1 atom stereocenters. The summed E-state index contributed by atoms with van der Waals surface area (Å²) in [5.74, 6) is 1.52. The van der Waals surface area contributed by atoms with Crippen LogP contribution in [0.15, 0.2) is 30.3 Å². The Hall–Kier alpha value is -2.46. The maximum atomic E-state index is 5.49. The van der Waals surface area contributed by atoms with Gasteiger partial charge in [-0.05, 0) is 55.2 Å². The molecule has 0 bridgehead atoms. The van der Waals surface area contributed by atoms with Crippen molar-refractivity contribution in [3.8, 4) is 11.5 Å². The molecule has 2 heterocycles. The summed E-state index contributed by atoms with van der Waals surface area (Å²) in [7, 11) is 3.34. The number of nitrogens with one attached hydrogen (secondary N) is 2. The molecule has 1 aromatic heterocycles. The van der Waals surface area contributed by atoms with Crippen LogP contribution in [0.5, 0.6) is 11.5 Å². The first-order valence-corrected chi connectivity index (χ1v) is 8.69. The second kappa shape index (κ2) is 6.12. The highest BCUT2D eigenvalue weighted by Crippen LogP contribution is 2.37. The van der Waals surface area contributed by atoms with Gasteiger partial charge in [0.25, 0.3) is 0 Å². The molecule has 4 rings (SSSR count). The summed E-state index contributed by atoms with van der Waals surface area (Å²) >= 11 is 0. The van der Waals surface area contributed by atoms with Crippen LogP contribution in [0.2, 0.25) is 0 Å². The Kier molecular flexibility index (Phi) is 3.92. The molecule has 3 aromatic rings. The quantitative estimate of drug-likeness (QED) is 0.759. The molecule has 1 aliphatic rings. The lowest BCUT2D eigenvalue weighted by Crippen LogP contribution is -2.30. The van der Waals surface area contributed by atoms with Crippen LogP contribution in [0.25, 0.3) is 10.9 Å². The third-order valence-electron chi connectivity index (χ3n) is 5.14. The van der Waals surface area contributed by atoms with Crippen molar-refractivity contribution in [1.29, 1.82) is 0 Å². The zero-order chi connectivity index (χ0) is 17.6. The Bertz CT molecular complexity index is 943. The lowest BCUT2D eigenvalue weighted by molar-refractivity contribution is 0.354. The van der Waals surface area contributed by atoms with Gasteiger partial charge in [0.05, 0.1) is 20.3 Å². The number of aromatic amines is 1. The Morgan fingerprint density at radius 1 is 1.00 bits per heavy atom. The molecular formula is C21H24N2O2. The molecule has 1 aliphatic heterocycles. The third-order valence-corrected chi connectivity index (χ3v) is 5.14. The third kappa shape index (κ3) is 2.57. The summed E-state index contributed by atoms with van der Waals surface area (Å²) in [5, 5.41) is 5.01. The van der Waals surface area contributed by atoms with Crippen LogP contribution in [0.4, 0.5) is 0 Å². The average molecular weight is 336 g/mol. The van der Waals surface area contributed by atoms with E-state index in [1.165, 1.54) is 38.9 Å². The van der Waals surface area contributed by atoms with Gasteiger partial charge in [0, 0.05) is 23.1 Å². The summed E-state index contributed by atoms with van der Waals surface area (Å²) in [6, 6.07) is 10.8. The zero-order valence-electron chi connectivity index (χ0n) is 15.2. The second-order valence-corrected chi connectivity index (χ2v) is 6.77. The van der Waals surface area contributed by atoms with Crippen molar-refractivity contribution in [2.45, 2.75) is 26.3 Å². The molecule has 4 nitrogen and oxygen atoms in total. The molecular weight excluding hydrogens is 312 g/mol. The van der Waals surface area contributed by atoms with Crippen LogP contribution in [0.3, 0.4) is 0 Å². The van der Waals surface area contributed by atoms with Gasteiger partial charge in [-0.25, -0.2) is 0 Å². The largest absolute Gasteiger partial charge is 0.493 e. The Morgan fingerprint density at radius 3 is 2.56 bits per heavy atom. The van der Waals surface area contributed by atoms with Gasteiger partial charge in [-0.2, -0.15) is 0 Å². The van der Waals surface area contributed by atoms with E-state index in [1.54, 1.807) is 14.2 Å². The van der Waals surface area contributed by atoms with Gasteiger partial charge >= 0.3 is 0 Å². The number of rotatable bonds is 3. The molecule has 0 spiro atoms. The van der Waals surface area contributed by atoms with Crippen molar-refractivity contribution in [1.82, 2.24) is 10.3 Å². The van der Waals surface area contributed by atoms with Crippen LogP contribution in [-0.4, -0.2) is 25.7 Å². The highest BCUT2D eigenvalue weighted by Gasteiger charge is 2.26. The molecule has 0 radical (unpaired) electrons. The van der Waals surface area contributed by atoms with Crippen molar-refractivity contribution in [2.24, 2.45) is 0 Å². The van der Waals surface area contributed by atoms with Gasteiger partial charge in [-0.1, -0.05) is 17.7 Å². The number of hydrogen-bond acceptors (Lipinski definition) is 3. The first-order chi connectivity index (χ1) is 12.1. The summed E-state index contributed by atoms with van der Waals surface area (Å²) in [4.78, 5) is 3.69. The van der Waals surface area contributed by atoms with Crippen molar-refractivity contribution >= 4 is 10.9 Å². The monoisotopic (exact) mass is 336 g/mol. The second-order valence-electron chi connectivity index (χ2n) is 6.77. The smallest absolute Gasteiger partial charge is 0.161 e. The standard InChI is InChI=1S/C21H24N2O2/c1-12-9-13(2)19-16(10-12)15-7-8-22-20(21(15)23-19)14-5-6-17(24-3)18(11-14)25-4/h5-6,9-11,20,22-23H,7-8H2,1-4H3. The van der Waals surface area contributed by atoms with Crippen LogP contribution >= 0.6 is 0 Å². The average Bonchev–Trinajstić information content (AvgIpc) is 3.00. The Labute approximate surface area is 148 Å². The fraction of sp³-hybridized carbons (Fsp3) is 0.333. The van der Waals surface area contributed by atoms with E-state index in [9.17, 15) is 0 Å². The van der Waals surface area contributed by atoms with Gasteiger partial charge in [0.2, 0.25) is 0 Å². The predicted molar refractivity (Wildman–Crippen MR) is 101 cm³/mol. The minimum absolute atomic E-state index is 0.135. The Balaban J connectivity index is 1.86. The Morgan fingerprint density at radius 2 is 1.80 bits per heavy atom. The highest BCUT2D eigenvalue weighted by atomic mass is 16.5. The van der Waals surface area contributed by atoms with Gasteiger partial charge in [-0.15, -0.1) is 0 Å². The van der Waals surface area contributed by atoms with E-state index in [2.05, 4.69) is 48.4 Å². The lowest BCUT2D eigenvalue weighted by Gasteiger charge is -2.25. The van der Waals surface area contributed by atoms with Crippen LogP contribution < -0.4 is 14.8 Å². The van der Waals surface area contributed by atoms with E-state index in [0.717, 1.165) is 24.5 Å². The zero-order valence-corrected chi connectivity index (χ0v) is 15.2. The maximum absolute atomic E-state index is 5.49. The van der Waals surface area contributed by atoms with Crippen molar-refractivity contribution < 1.29 is 9.47 Å². The number of methoxy groups -OCH3 is 2. The van der Waals surface area contributed by atoms with E-state index in [4.69, 9.17) is 9.47 Å². The molecule has 0 fully saturated rings. The minimum Gasteiger partial charge on any atom is -0.493 e. The molecule has 0 aliphatic carbocycles. The van der Waals surface area contributed by atoms with Gasteiger partial charge in [-0.3, -0.25) is 0 Å². The highest BCUT2D eigenvalue weighted by molar-refractivity contribution is 5.88. The van der Waals surface area contributed by atoms with Crippen molar-refractivity contribution in [3.63, 3.8) is 0 Å². The SMILES string of the molecule is COc1ccc(C2NCCc3c2[nH]c2c(C)cc(C)cc32)cc1OC. The minimum atomic E-state index is 0.135. The van der Waals surface area contributed by atoms with Gasteiger partial charge in [0.15, 0.2) is 11.5 Å². The number of aromatic nitrogens is 1. The fourth-order valence-corrected chi connectivity index (χ4v) is 4.00. The van der Waals surface area contributed by atoms with E-state index in [0.29, 0.717) is 0 Å². The summed E-state index contributed by atoms with van der Waals surface area (Å²) < 4.78 is 10.9. The van der Waals surface area contributed by atoms with E-state index >= 15 is 0 Å². The lowest BCUT2D eigenvalue weighted by atomic mass is 9.93. The fourth-order valence-electron chi connectivity index (χ4n) is 4.00. The number of hydrogen-bond donors (Lipinski definition) is 2. The number of benzene rings is 2. The normalized spacial score (nSPS) is 16.7. The number of aryl methyl sites for hydroxylation is 2. The predicted octanol–water partition coefficient (Wildman–Crippen LogP) is 4.04. The van der Waals surface area contributed by atoms with Gasteiger partial charge < -0.3 is 19.8 Å². The molecule has 2 aromatic carbocycles. The molecule has 130 valence electrons. The first kappa shape index (κ1) is 16.0. The van der Waals surface area contributed by atoms with Crippen LogP contribution in [0.1, 0.15) is 34.0 Å². The van der Waals surface area contributed by atoms with E-state index in [1.807, 2.05) is 6.07 Å². The summed E-state index contributed by atoms with van der Waals surface area (Å²) in [6.07, 6.45) is 1.04. The number of ether oxygens (including phenoxy) is 2. The van der Waals surface area contributed by atoms with Crippen molar-refractivity contribution in [2.75, 3.05) is 20.8 Å². The van der Waals surface area contributed by atoms with E-state index < -0.39 is 0 Å². The maximum Gasteiger partial charge on any atom is 0.161 e. The number of H-pyrrole nitrogens is 1. The topological polar surface area (TPSA) is 46.3 Å². The molecule has 25 heavy (non-hydrogen) atoms. The van der Waals surface area contributed by atoms with Gasteiger partial charge in [0.1, 0.15) is 0 Å². The van der Waals surface area contributed by atoms with Crippen LogP contribution in [-0.2, 0) is 6.42 Å². The molecule has 1 unspecified atom stereocenters.